The first kappa shape index (κ1) is 15.7. The van der Waals surface area contributed by atoms with Crippen molar-refractivity contribution in [1.82, 2.24) is 4.98 Å². The minimum atomic E-state index is -3.65. The van der Waals surface area contributed by atoms with Crippen LogP contribution in [0, 0.1) is 0 Å². The zero-order valence-corrected chi connectivity index (χ0v) is 12.2. The monoisotopic (exact) mass is 337 g/mol. The van der Waals surface area contributed by atoms with Gasteiger partial charge in [0, 0.05) is 12.1 Å². The van der Waals surface area contributed by atoms with E-state index in [1.807, 2.05) is 0 Å². The smallest absolute Gasteiger partial charge is 0.395 e. The van der Waals surface area contributed by atoms with Gasteiger partial charge < -0.3 is 20.5 Å². The molecule has 0 spiro atoms. The van der Waals surface area contributed by atoms with Gasteiger partial charge in [0.1, 0.15) is 0 Å². The number of aromatic nitrogens is 1. The number of halogens is 3. The van der Waals surface area contributed by atoms with Gasteiger partial charge in [-0.05, 0) is 6.92 Å². The lowest BCUT2D eigenvalue weighted by atomic mass is 10.3. The van der Waals surface area contributed by atoms with E-state index in [1.54, 1.807) is 6.92 Å². The van der Waals surface area contributed by atoms with Crippen LogP contribution in [0.3, 0.4) is 0 Å². The van der Waals surface area contributed by atoms with Gasteiger partial charge in [-0.15, -0.1) is 21.2 Å². The van der Waals surface area contributed by atoms with Crippen LogP contribution in [-0.4, -0.2) is 23.2 Å². The molecule has 114 valence electrons. The van der Waals surface area contributed by atoms with E-state index in [0.717, 1.165) is 11.3 Å². The van der Waals surface area contributed by atoms with Crippen LogP contribution in [0.4, 0.5) is 13.9 Å². The summed E-state index contributed by atoms with van der Waals surface area (Å²) in [4.78, 5) is 15.6. The Morgan fingerprint density at radius 3 is 2.67 bits per heavy atom. The number of hydrogen-bond acceptors (Lipinski definition) is 6. The van der Waals surface area contributed by atoms with E-state index in [-0.39, 0.29) is 29.8 Å². The summed E-state index contributed by atoms with van der Waals surface area (Å²) in [6, 6.07) is 2.06. The lowest BCUT2D eigenvalue weighted by molar-refractivity contribution is -0.286. The van der Waals surface area contributed by atoms with Gasteiger partial charge >= 0.3 is 6.29 Å². The van der Waals surface area contributed by atoms with Crippen LogP contribution in [-0.2, 0) is 4.79 Å². The summed E-state index contributed by atoms with van der Waals surface area (Å²) in [7, 11) is 0. The van der Waals surface area contributed by atoms with Crippen LogP contribution < -0.4 is 20.5 Å². The second-order valence-corrected chi connectivity index (χ2v) is 5.26. The first-order valence-corrected chi connectivity index (χ1v) is 6.42. The zero-order chi connectivity index (χ0) is 14.5. The zero-order valence-electron chi connectivity index (χ0n) is 10.6. The normalized spacial score (nSPS) is 16.4. The highest BCUT2D eigenvalue weighted by Crippen LogP contribution is 2.44. The number of nitrogens with zero attached hydrogens (tertiary/aromatic N) is 1. The van der Waals surface area contributed by atoms with Crippen LogP contribution in [0.2, 0.25) is 0 Å². The van der Waals surface area contributed by atoms with Crippen molar-refractivity contribution in [3.63, 3.8) is 0 Å². The average molecular weight is 338 g/mol. The summed E-state index contributed by atoms with van der Waals surface area (Å²) in [5, 5.41) is 2.87. The van der Waals surface area contributed by atoms with Gasteiger partial charge in [-0.3, -0.25) is 4.79 Å². The molecule has 0 unspecified atom stereocenters. The summed E-state index contributed by atoms with van der Waals surface area (Å²) in [5.41, 5.74) is 5.85. The van der Waals surface area contributed by atoms with Crippen LogP contribution >= 0.6 is 23.7 Å². The number of ether oxygens (including phenoxy) is 2. The van der Waals surface area contributed by atoms with Gasteiger partial charge in [-0.2, -0.15) is 0 Å². The molecule has 6 nitrogen and oxygen atoms in total. The maximum atomic E-state index is 12.9. The number of carbonyl (C=O) groups is 1. The summed E-state index contributed by atoms with van der Waals surface area (Å²) < 4.78 is 35.1. The third-order valence-corrected chi connectivity index (χ3v) is 3.49. The van der Waals surface area contributed by atoms with E-state index in [2.05, 4.69) is 19.8 Å². The molecule has 1 aromatic heterocycles. The van der Waals surface area contributed by atoms with E-state index in [4.69, 9.17) is 5.73 Å². The molecule has 0 fully saturated rings. The van der Waals surface area contributed by atoms with Crippen LogP contribution in [0.15, 0.2) is 12.1 Å². The highest BCUT2D eigenvalue weighted by atomic mass is 35.5. The fourth-order valence-electron chi connectivity index (χ4n) is 1.65. The molecule has 10 heteroatoms. The van der Waals surface area contributed by atoms with Crippen LogP contribution in [0.5, 0.6) is 11.5 Å². The van der Waals surface area contributed by atoms with Crippen molar-refractivity contribution < 1.29 is 23.0 Å². The van der Waals surface area contributed by atoms with Gasteiger partial charge in [0.25, 0.3) is 0 Å². The molecule has 0 radical (unpaired) electrons. The van der Waals surface area contributed by atoms with Crippen molar-refractivity contribution in [3.05, 3.63) is 12.1 Å². The summed E-state index contributed by atoms with van der Waals surface area (Å²) in [5.74, 6) is -0.523. The number of carbonyl (C=O) groups excluding carboxylic acids is 1. The molecule has 0 bridgehead atoms. The molecule has 1 amide bonds. The number of amides is 1. The molecule has 2 aromatic rings. The first-order chi connectivity index (χ1) is 9.34. The highest BCUT2D eigenvalue weighted by Gasteiger charge is 2.43. The van der Waals surface area contributed by atoms with Crippen molar-refractivity contribution in [2.75, 3.05) is 5.32 Å². The maximum absolute atomic E-state index is 12.9. The standard InChI is InChI=1S/C11H9F2N3O3S.ClH/c1-4(14)9(17)16-10-15-5-2-6-7(3-8(5)20-10)19-11(12,13)18-6;/h2-4H,14H2,1H3,(H,15,16,17);1H/t4-;/m1./s1. The molecule has 1 aliphatic rings. The second kappa shape index (κ2) is 5.24. The Bertz CT molecular complexity index is 662. The number of anilines is 1. The molecule has 2 heterocycles. The van der Waals surface area contributed by atoms with Gasteiger partial charge in [0.2, 0.25) is 5.91 Å². The summed E-state index contributed by atoms with van der Waals surface area (Å²) >= 11 is 1.13. The first-order valence-electron chi connectivity index (χ1n) is 5.61. The molecule has 21 heavy (non-hydrogen) atoms. The lowest BCUT2D eigenvalue weighted by Gasteiger charge is -2.04. The number of thiazole rings is 1. The summed E-state index contributed by atoms with van der Waals surface area (Å²) in [6.45, 7) is 1.54. The molecule has 1 atom stereocenters. The number of rotatable bonds is 2. The highest BCUT2D eigenvalue weighted by molar-refractivity contribution is 7.22. The van der Waals surface area contributed by atoms with E-state index in [1.165, 1.54) is 12.1 Å². The third-order valence-electron chi connectivity index (χ3n) is 2.56. The largest absolute Gasteiger partial charge is 0.586 e. The van der Waals surface area contributed by atoms with E-state index in [0.29, 0.717) is 15.3 Å². The Morgan fingerprint density at radius 1 is 1.43 bits per heavy atom. The predicted octanol–water partition coefficient (Wildman–Crippen LogP) is 2.33. The SMILES string of the molecule is C[C@@H](N)C(=O)Nc1nc2cc3c(cc2s1)OC(F)(F)O3.Cl. The number of fused-ring (bicyclic) bond motifs is 2. The Morgan fingerprint density at radius 2 is 2.05 bits per heavy atom. The number of nitrogens with two attached hydrogens (primary N) is 1. The Balaban J connectivity index is 0.00000161. The van der Waals surface area contributed by atoms with Crippen LogP contribution in [0.25, 0.3) is 10.2 Å². The van der Waals surface area contributed by atoms with Crippen molar-refractivity contribution in [2.24, 2.45) is 5.73 Å². The average Bonchev–Trinajstić information content (AvgIpc) is 2.82. The predicted molar refractivity (Wildman–Crippen MR) is 75.4 cm³/mol. The molecular formula is C11H10ClF2N3O3S. The topological polar surface area (TPSA) is 86.5 Å². The van der Waals surface area contributed by atoms with E-state index < -0.39 is 12.3 Å². The summed E-state index contributed by atoms with van der Waals surface area (Å²) in [6.07, 6.45) is -3.65. The van der Waals surface area contributed by atoms with E-state index in [9.17, 15) is 13.6 Å². The molecule has 3 rings (SSSR count). The molecule has 1 aromatic carbocycles. The lowest BCUT2D eigenvalue weighted by Crippen LogP contribution is -2.32. The number of hydrogen-bond donors (Lipinski definition) is 2. The Hall–Kier alpha value is -1.71. The number of nitrogens with one attached hydrogen (secondary N) is 1. The minimum absolute atomic E-state index is 0. The number of alkyl halides is 2. The Labute approximate surface area is 127 Å². The maximum Gasteiger partial charge on any atom is 0.586 e. The molecule has 0 saturated heterocycles. The molecular weight excluding hydrogens is 328 g/mol. The van der Waals surface area contributed by atoms with Crippen molar-refractivity contribution >= 4 is 45.0 Å². The van der Waals surface area contributed by atoms with Gasteiger partial charge in [-0.1, -0.05) is 11.3 Å². The fourth-order valence-corrected chi connectivity index (χ4v) is 2.52. The third kappa shape index (κ3) is 2.99. The molecule has 0 saturated carbocycles. The molecule has 1 aliphatic heterocycles. The number of benzene rings is 1. The fraction of sp³-hybridized carbons (Fsp3) is 0.273. The minimum Gasteiger partial charge on any atom is -0.395 e. The van der Waals surface area contributed by atoms with Crippen molar-refractivity contribution in [2.45, 2.75) is 19.3 Å². The van der Waals surface area contributed by atoms with Crippen molar-refractivity contribution in [1.29, 1.82) is 0 Å². The second-order valence-electron chi connectivity index (χ2n) is 4.23. The molecule has 0 aliphatic carbocycles. The van der Waals surface area contributed by atoms with E-state index >= 15 is 0 Å². The Kier molecular flexibility index (Phi) is 3.91. The van der Waals surface area contributed by atoms with Gasteiger partial charge in [-0.25, -0.2) is 4.98 Å². The molecule has 3 N–H and O–H groups in total. The van der Waals surface area contributed by atoms with Gasteiger partial charge in [0.15, 0.2) is 16.6 Å². The quantitative estimate of drug-likeness (QED) is 0.878. The van der Waals surface area contributed by atoms with Crippen LogP contribution in [0.1, 0.15) is 6.92 Å². The van der Waals surface area contributed by atoms with Crippen molar-refractivity contribution in [3.8, 4) is 11.5 Å². The van der Waals surface area contributed by atoms with Gasteiger partial charge in [0.05, 0.1) is 16.3 Å².